The van der Waals surface area contributed by atoms with Crippen molar-refractivity contribution in [2.24, 2.45) is 0 Å². The molecule has 0 aliphatic heterocycles. The molecule has 0 spiro atoms. The van der Waals surface area contributed by atoms with Crippen LogP contribution in [0.15, 0.2) is 146 Å². The molecule has 1 unspecified atom stereocenters. The van der Waals surface area contributed by atoms with Gasteiger partial charge in [0.2, 0.25) is 0 Å². The minimum Gasteiger partial charge on any atom is -0.488 e. The minimum atomic E-state index is -1.04. The number of hydrogen-bond donors (Lipinski definition) is 3. The molecular weight excluding hydrogens is 696 g/mol. The highest BCUT2D eigenvalue weighted by Crippen LogP contribution is 2.33. The lowest BCUT2D eigenvalue weighted by molar-refractivity contribution is -0.137. The van der Waals surface area contributed by atoms with E-state index in [9.17, 15) is 14.7 Å². The second kappa shape index (κ2) is 17.2. The van der Waals surface area contributed by atoms with Crippen molar-refractivity contribution >= 4 is 29.2 Å². The predicted octanol–water partition coefficient (Wildman–Crippen LogP) is 11.2. The highest BCUT2D eigenvalue weighted by atomic mass is 35.5. The lowest BCUT2D eigenvalue weighted by Crippen LogP contribution is -2.30. The Morgan fingerprint density at radius 2 is 1.44 bits per heavy atom. The van der Waals surface area contributed by atoms with E-state index in [0.29, 0.717) is 40.7 Å². The van der Waals surface area contributed by atoms with Gasteiger partial charge in [-0.1, -0.05) is 129 Å². The molecular formula is C46H43ClN2O5. The monoisotopic (exact) mass is 738 g/mol. The Morgan fingerprint density at radius 3 is 2.17 bits per heavy atom. The third-order valence-corrected chi connectivity index (χ3v) is 9.23. The normalized spacial score (nSPS) is 11.7. The number of hydrogen-bond acceptors (Lipinski definition) is 5. The van der Waals surface area contributed by atoms with E-state index in [-0.39, 0.29) is 11.8 Å². The fourth-order valence-corrected chi connectivity index (χ4v) is 6.23. The Morgan fingerprint density at radius 1 is 0.741 bits per heavy atom. The summed E-state index contributed by atoms with van der Waals surface area (Å²) < 4.78 is 12.3. The summed E-state index contributed by atoms with van der Waals surface area (Å²) in [5.41, 5.74) is 6.59. The molecule has 6 aromatic carbocycles. The molecule has 6 rings (SSSR count). The van der Waals surface area contributed by atoms with Crippen LogP contribution in [-0.2, 0) is 23.4 Å². The van der Waals surface area contributed by atoms with Crippen molar-refractivity contribution in [1.82, 2.24) is 5.32 Å². The number of carbonyl (C=O) groups is 2. The standard InChI is InChI=1S/C46H43ClN2O5/c1-46(2,3)35-20-23-37(24-21-35)54-38-13-9-12-32(26-38)29-48-41-25-22-36(47)27-40(41)45(52)49-42(28-44(50)51)34-18-16-33(17-19-34)39-14-7-8-15-43(39)53-30-31-10-5-4-6-11-31/h4-27,42,48H,28-30H2,1-3H3,(H,49,52)(H,50,51). The molecule has 54 heavy (non-hydrogen) atoms. The van der Waals surface area contributed by atoms with E-state index in [0.717, 1.165) is 33.8 Å². The van der Waals surface area contributed by atoms with Crippen LogP contribution in [0, 0.1) is 0 Å². The van der Waals surface area contributed by atoms with E-state index in [1.54, 1.807) is 18.2 Å². The summed E-state index contributed by atoms with van der Waals surface area (Å²) in [6.45, 7) is 7.35. The molecule has 1 atom stereocenters. The fourth-order valence-electron chi connectivity index (χ4n) is 6.06. The van der Waals surface area contributed by atoms with Crippen LogP contribution in [0.2, 0.25) is 5.02 Å². The summed E-state index contributed by atoms with van der Waals surface area (Å²) in [5.74, 6) is 0.674. The number of halogens is 1. The number of nitrogens with one attached hydrogen (secondary N) is 2. The number of carbonyl (C=O) groups excluding carboxylic acids is 1. The third kappa shape index (κ3) is 10.1. The van der Waals surface area contributed by atoms with Crippen molar-refractivity contribution in [2.75, 3.05) is 5.32 Å². The first kappa shape index (κ1) is 37.7. The highest BCUT2D eigenvalue weighted by Gasteiger charge is 2.22. The van der Waals surface area contributed by atoms with E-state index in [1.807, 2.05) is 115 Å². The van der Waals surface area contributed by atoms with Crippen LogP contribution >= 0.6 is 11.6 Å². The van der Waals surface area contributed by atoms with Gasteiger partial charge in [0, 0.05) is 22.8 Å². The van der Waals surface area contributed by atoms with Crippen LogP contribution in [0.5, 0.6) is 17.2 Å². The number of anilines is 1. The zero-order valence-corrected chi connectivity index (χ0v) is 31.3. The van der Waals surface area contributed by atoms with E-state index >= 15 is 0 Å². The topological polar surface area (TPSA) is 96.9 Å². The lowest BCUT2D eigenvalue weighted by atomic mass is 9.87. The number of rotatable bonds is 14. The predicted molar refractivity (Wildman–Crippen MR) is 216 cm³/mol. The van der Waals surface area contributed by atoms with Crippen molar-refractivity contribution < 1.29 is 24.2 Å². The molecule has 7 nitrogen and oxygen atoms in total. The molecule has 0 fully saturated rings. The summed E-state index contributed by atoms with van der Waals surface area (Å²) in [4.78, 5) is 25.8. The maximum Gasteiger partial charge on any atom is 0.305 e. The van der Waals surface area contributed by atoms with Gasteiger partial charge in [0.05, 0.1) is 18.0 Å². The molecule has 0 radical (unpaired) electrons. The van der Waals surface area contributed by atoms with Crippen LogP contribution in [0.25, 0.3) is 11.1 Å². The second-order valence-electron chi connectivity index (χ2n) is 14.1. The molecule has 0 heterocycles. The van der Waals surface area contributed by atoms with Gasteiger partial charge in [0.15, 0.2) is 0 Å². The van der Waals surface area contributed by atoms with Gasteiger partial charge in [-0.3, -0.25) is 9.59 Å². The van der Waals surface area contributed by atoms with Crippen LogP contribution in [0.3, 0.4) is 0 Å². The maximum absolute atomic E-state index is 13.8. The Bertz CT molecular complexity index is 2200. The van der Waals surface area contributed by atoms with E-state index in [4.69, 9.17) is 21.1 Å². The minimum absolute atomic E-state index is 0.0524. The quantitative estimate of drug-likeness (QED) is 0.103. The van der Waals surface area contributed by atoms with Gasteiger partial charge in [0.1, 0.15) is 23.9 Å². The largest absolute Gasteiger partial charge is 0.488 e. The summed E-state index contributed by atoms with van der Waals surface area (Å²) in [5, 5.41) is 16.5. The second-order valence-corrected chi connectivity index (χ2v) is 14.5. The SMILES string of the molecule is CC(C)(C)c1ccc(Oc2cccc(CNc3ccc(Cl)cc3C(=O)NC(CC(=O)O)c3ccc(-c4ccccc4OCc4ccccc4)cc3)c2)cc1. The van der Waals surface area contributed by atoms with Crippen LogP contribution < -0.4 is 20.1 Å². The average Bonchev–Trinajstić information content (AvgIpc) is 3.17. The third-order valence-electron chi connectivity index (χ3n) is 9.00. The van der Waals surface area contributed by atoms with E-state index < -0.39 is 17.9 Å². The number of carboxylic acid groups (broad SMARTS) is 1. The molecule has 0 saturated heterocycles. The van der Waals surface area contributed by atoms with Crippen LogP contribution in [0.4, 0.5) is 5.69 Å². The van der Waals surface area contributed by atoms with Crippen LogP contribution in [0.1, 0.15) is 65.8 Å². The van der Waals surface area contributed by atoms with Crippen molar-refractivity contribution in [3.63, 3.8) is 0 Å². The number of amides is 1. The molecule has 0 bridgehead atoms. The Balaban J connectivity index is 1.14. The van der Waals surface area contributed by atoms with Gasteiger partial charge in [-0.25, -0.2) is 0 Å². The zero-order valence-electron chi connectivity index (χ0n) is 30.5. The number of ether oxygens (including phenoxy) is 2. The molecule has 0 saturated carbocycles. The summed E-state index contributed by atoms with van der Waals surface area (Å²) in [6.07, 6.45) is -0.309. The molecule has 0 aromatic heterocycles. The number of aliphatic carboxylic acids is 1. The zero-order chi connectivity index (χ0) is 38.1. The molecule has 274 valence electrons. The van der Waals surface area contributed by atoms with E-state index in [1.165, 1.54) is 5.56 Å². The first-order valence-electron chi connectivity index (χ1n) is 17.8. The first-order chi connectivity index (χ1) is 26.0. The van der Waals surface area contributed by atoms with E-state index in [2.05, 4.69) is 43.5 Å². The van der Waals surface area contributed by atoms with Gasteiger partial charge in [0.25, 0.3) is 5.91 Å². The van der Waals surface area contributed by atoms with Crippen molar-refractivity contribution in [3.8, 4) is 28.4 Å². The molecule has 8 heteroatoms. The van der Waals surface area contributed by atoms with Gasteiger partial charge < -0.3 is 25.2 Å². The van der Waals surface area contributed by atoms with Crippen molar-refractivity contribution in [3.05, 3.63) is 178 Å². The number of benzene rings is 6. The summed E-state index contributed by atoms with van der Waals surface area (Å²) >= 11 is 6.37. The first-order valence-corrected chi connectivity index (χ1v) is 18.2. The average molecular weight is 739 g/mol. The van der Waals surface area contributed by atoms with Crippen molar-refractivity contribution in [2.45, 2.75) is 51.8 Å². The molecule has 6 aromatic rings. The summed E-state index contributed by atoms with van der Waals surface area (Å²) in [6, 6.07) is 45.3. The van der Waals surface area contributed by atoms with Gasteiger partial charge in [-0.15, -0.1) is 0 Å². The lowest BCUT2D eigenvalue weighted by Gasteiger charge is -2.20. The molecule has 1 amide bonds. The van der Waals surface area contributed by atoms with Gasteiger partial charge in [-0.05, 0) is 81.8 Å². The molecule has 0 aliphatic carbocycles. The van der Waals surface area contributed by atoms with Gasteiger partial charge in [-0.2, -0.15) is 0 Å². The van der Waals surface area contributed by atoms with Gasteiger partial charge >= 0.3 is 5.97 Å². The smallest absolute Gasteiger partial charge is 0.305 e. The van der Waals surface area contributed by atoms with Crippen molar-refractivity contribution in [1.29, 1.82) is 0 Å². The Hall–Kier alpha value is -6.05. The molecule has 0 aliphatic rings. The highest BCUT2D eigenvalue weighted by molar-refractivity contribution is 6.31. The number of carboxylic acids is 1. The Labute approximate surface area is 321 Å². The maximum atomic E-state index is 13.8. The molecule has 3 N–H and O–H groups in total. The summed E-state index contributed by atoms with van der Waals surface area (Å²) in [7, 11) is 0. The van der Waals surface area contributed by atoms with Crippen LogP contribution in [-0.4, -0.2) is 17.0 Å². The fraction of sp³-hybridized carbons (Fsp3) is 0.174. The number of para-hydroxylation sites is 1. The Kier molecular flexibility index (Phi) is 12.0.